The van der Waals surface area contributed by atoms with Crippen molar-refractivity contribution in [2.24, 2.45) is 11.3 Å². The fourth-order valence-electron chi connectivity index (χ4n) is 5.10. The van der Waals surface area contributed by atoms with E-state index in [9.17, 15) is 9.90 Å². The number of fused-ring (bicyclic) bond motifs is 2. The highest BCUT2D eigenvalue weighted by atomic mass is 16.4. The highest BCUT2D eigenvalue weighted by molar-refractivity contribution is 5.82. The topological polar surface area (TPSA) is 69.6 Å². The first kappa shape index (κ1) is 18.2. The van der Waals surface area contributed by atoms with Gasteiger partial charge < -0.3 is 5.11 Å². The largest absolute Gasteiger partial charge is 0.481 e. The van der Waals surface area contributed by atoms with Crippen molar-refractivity contribution in [1.29, 1.82) is 0 Å². The SMILES string of the molecule is O=C(O)[C@]12CN(Cc3cccnc3)C[C@H]1CN(Cc1ccnc3ccccc13)C2. The van der Waals surface area contributed by atoms with Gasteiger partial charge in [-0.2, -0.15) is 0 Å². The number of carboxylic acid groups (broad SMARTS) is 1. The number of benzene rings is 1. The molecule has 6 heteroatoms. The summed E-state index contributed by atoms with van der Waals surface area (Å²) in [6.07, 6.45) is 5.47. The van der Waals surface area contributed by atoms with Gasteiger partial charge in [-0.3, -0.25) is 24.6 Å². The van der Waals surface area contributed by atoms with E-state index in [0.717, 1.165) is 42.6 Å². The van der Waals surface area contributed by atoms with Crippen molar-refractivity contribution < 1.29 is 9.90 Å². The number of hydrogen-bond acceptors (Lipinski definition) is 5. The highest BCUT2D eigenvalue weighted by Crippen LogP contribution is 2.43. The molecule has 29 heavy (non-hydrogen) atoms. The van der Waals surface area contributed by atoms with Crippen molar-refractivity contribution in [3.8, 4) is 0 Å². The molecule has 0 saturated carbocycles. The zero-order valence-corrected chi connectivity index (χ0v) is 16.2. The number of para-hydroxylation sites is 1. The Hall–Kier alpha value is -2.83. The molecule has 3 aromatic rings. The molecule has 0 bridgehead atoms. The zero-order chi connectivity index (χ0) is 19.8. The predicted octanol–water partition coefficient (Wildman–Crippen LogP) is 2.65. The first-order valence-corrected chi connectivity index (χ1v) is 10.0. The Morgan fingerprint density at radius 1 is 1.03 bits per heavy atom. The smallest absolute Gasteiger partial charge is 0.312 e. The molecule has 0 radical (unpaired) electrons. The van der Waals surface area contributed by atoms with E-state index in [1.165, 1.54) is 5.56 Å². The second-order valence-electron chi connectivity index (χ2n) is 8.35. The molecule has 148 valence electrons. The number of aliphatic carboxylic acids is 1. The molecule has 2 saturated heterocycles. The molecular formula is C23H24N4O2. The van der Waals surface area contributed by atoms with E-state index in [0.29, 0.717) is 13.1 Å². The van der Waals surface area contributed by atoms with E-state index in [1.54, 1.807) is 6.20 Å². The van der Waals surface area contributed by atoms with Crippen molar-refractivity contribution >= 4 is 16.9 Å². The number of aromatic nitrogens is 2. The summed E-state index contributed by atoms with van der Waals surface area (Å²) in [7, 11) is 0. The van der Waals surface area contributed by atoms with Gasteiger partial charge in [0.25, 0.3) is 0 Å². The van der Waals surface area contributed by atoms with Crippen LogP contribution in [-0.2, 0) is 17.9 Å². The lowest BCUT2D eigenvalue weighted by Gasteiger charge is -2.25. The number of carbonyl (C=O) groups is 1. The van der Waals surface area contributed by atoms with Crippen molar-refractivity contribution in [1.82, 2.24) is 19.8 Å². The minimum Gasteiger partial charge on any atom is -0.481 e. The van der Waals surface area contributed by atoms with Crippen LogP contribution in [0.2, 0.25) is 0 Å². The monoisotopic (exact) mass is 388 g/mol. The first-order valence-electron chi connectivity index (χ1n) is 10.0. The fraction of sp³-hybridized carbons (Fsp3) is 0.348. The van der Waals surface area contributed by atoms with Gasteiger partial charge in [0, 0.05) is 69.2 Å². The average molecular weight is 388 g/mol. The second kappa shape index (κ2) is 7.21. The molecule has 6 nitrogen and oxygen atoms in total. The molecule has 4 heterocycles. The normalized spacial score (nSPS) is 24.8. The van der Waals surface area contributed by atoms with Gasteiger partial charge >= 0.3 is 5.97 Å². The Morgan fingerprint density at radius 2 is 1.83 bits per heavy atom. The van der Waals surface area contributed by atoms with Crippen LogP contribution in [0, 0.1) is 11.3 Å². The van der Waals surface area contributed by atoms with Crippen LogP contribution in [0.1, 0.15) is 11.1 Å². The van der Waals surface area contributed by atoms with Crippen LogP contribution in [0.5, 0.6) is 0 Å². The van der Waals surface area contributed by atoms with E-state index in [2.05, 4.69) is 38.0 Å². The molecule has 2 aliphatic rings. The minimum absolute atomic E-state index is 0.143. The van der Waals surface area contributed by atoms with E-state index in [1.807, 2.05) is 36.7 Å². The van der Waals surface area contributed by atoms with Crippen molar-refractivity contribution in [3.63, 3.8) is 0 Å². The molecule has 0 spiro atoms. The summed E-state index contributed by atoms with van der Waals surface area (Å²) in [5.74, 6) is -0.525. The molecule has 2 atom stereocenters. The van der Waals surface area contributed by atoms with Crippen LogP contribution < -0.4 is 0 Å². The van der Waals surface area contributed by atoms with Gasteiger partial charge in [-0.1, -0.05) is 24.3 Å². The number of likely N-dealkylation sites (tertiary alicyclic amines) is 2. The van der Waals surface area contributed by atoms with Crippen LogP contribution >= 0.6 is 0 Å². The van der Waals surface area contributed by atoms with Crippen molar-refractivity contribution in [3.05, 3.63) is 72.2 Å². The molecular weight excluding hydrogens is 364 g/mol. The summed E-state index contributed by atoms with van der Waals surface area (Å²) < 4.78 is 0. The summed E-state index contributed by atoms with van der Waals surface area (Å²) in [6.45, 7) is 4.33. The van der Waals surface area contributed by atoms with Gasteiger partial charge in [0.1, 0.15) is 0 Å². The van der Waals surface area contributed by atoms with E-state index in [4.69, 9.17) is 0 Å². The van der Waals surface area contributed by atoms with Gasteiger partial charge in [-0.15, -0.1) is 0 Å². The Kier molecular flexibility index (Phi) is 4.53. The molecule has 1 aromatic carbocycles. The Labute approximate surface area is 169 Å². The number of carboxylic acids is 1. The quantitative estimate of drug-likeness (QED) is 0.725. The third-order valence-electron chi connectivity index (χ3n) is 6.44. The van der Waals surface area contributed by atoms with Crippen LogP contribution in [0.3, 0.4) is 0 Å². The summed E-state index contributed by atoms with van der Waals surface area (Å²) in [6, 6.07) is 14.2. The Morgan fingerprint density at radius 3 is 2.55 bits per heavy atom. The second-order valence-corrected chi connectivity index (χ2v) is 8.35. The fourth-order valence-corrected chi connectivity index (χ4v) is 5.10. The highest BCUT2D eigenvalue weighted by Gasteiger charge is 2.57. The number of rotatable bonds is 5. The third-order valence-corrected chi connectivity index (χ3v) is 6.44. The Balaban J connectivity index is 1.33. The standard InChI is InChI=1S/C23H24N4O2/c28-22(29)23-15-26(11-17-4-3-8-24-10-17)13-19(23)14-27(16-23)12-18-7-9-25-21-6-2-1-5-20(18)21/h1-10,19H,11-16H2,(H,28,29)/t19-,23-/m0/s1. The average Bonchev–Trinajstić information content (AvgIpc) is 3.23. The van der Waals surface area contributed by atoms with E-state index < -0.39 is 11.4 Å². The lowest BCUT2D eigenvalue weighted by molar-refractivity contribution is -0.149. The van der Waals surface area contributed by atoms with Crippen LogP contribution in [0.15, 0.2) is 61.1 Å². The molecule has 0 aliphatic carbocycles. The number of nitrogens with zero attached hydrogens (tertiary/aromatic N) is 4. The summed E-state index contributed by atoms with van der Waals surface area (Å²) in [5, 5.41) is 11.3. The van der Waals surface area contributed by atoms with Crippen molar-refractivity contribution in [2.45, 2.75) is 13.1 Å². The maximum Gasteiger partial charge on any atom is 0.312 e. The zero-order valence-electron chi connectivity index (χ0n) is 16.2. The van der Waals surface area contributed by atoms with Crippen LogP contribution in [0.25, 0.3) is 10.9 Å². The predicted molar refractivity (Wildman–Crippen MR) is 110 cm³/mol. The number of hydrogen-bond donors (Lipinski definition) is 1. The summed E-state index contributed by atoms with van der Waals surface area (Å²) in [4.78, 5) is 25.5. The first-order chi connectivity index (χ1) is 14.1. The molecule has 2 fully saturated rings. The van der Waals surface area contributed by atoms with Gasteiger partial charge in [-0.05, 0) is 29.3 Å². The maximum absolute atomic E-state index is 12.3. The maximum atomic E-state index is 12.3. The minimum atomic E-state index is -0.689. The molecule has 2 aliphatic heterocycles. The molecule has 1 N–H and O–H groups in total. The molecule has 2 aromatic heterocycles. The summed E-state index contributed by atoms with van der Waals surface area (Å²) >= 11 is 0. The van der Waals surface area contributed by atoms with E-state index in [-0.39, 0.29) is 5.92 Å². The third kappa shape index (κ3) is 3.28. The molecule has 5 rings (SSSR count). The van der Waals surface area contributed by atoms with Gasteiger partial charge in [0.2, 0.25) is 0 Å². The van der Waals surface area contributed by atoms with Crippen molar-refractivity contribution in [2.75, 3.05) is 26.2 Å². The molecule has 0 unspecified atom stereocenters. The Bertz CT molecular complexity index is 1040. The molecule has 0 amide bonds. The summed E-state index contributed by atoms with van der Waals surface area (Å²) in [5.41, 5.74) is 2.64. The van der Waals surface area contributed by atoms with Gasteiger partial charge in [-0.25, -0.2) is 0 Å². The van der Waals surface area contributed by atoms with Crippen LogP contribution in [-0.4, -0.2) is 57.0 Å². The van der Waals surface area contributed by atoms with Gasteiger partial charge in [0.05, 0.1) is 10.9 Å². The van der Waals surface area contributed by atoms with E-state index >= 15 is 0 Å². The van der Waals surface area contributed by atoms with Gasteiger partial charge in [0.15, 0.2) is 0 Å². The lowest BCUT2D eigenvalue weighted by atomic mass is 9.81. The lowest BCUT2D eigenvalue weighted by Crippen LogP contribution is -2.40. The number of pyridine rings is 2. The van der Waals surface area contributed by atoms with Crippen LogP contribution in [0.4, 0.5) is 0 Å².